The van der Waals surface area contributed by atoms with Gasteiger partial charge < -0.3 is 5.01 Å². The first-order chi connectivity index (χ1) is 4.43. The molecule has 0 spiro atoms. The van der Waals surface area contributed by atoms with E-state index >= 15 is 0 Å². The molecular formula is C7H14N2. The van der Waals surface area contributed by atoms with Gasteiger partial charge in [0.15, 0.2) is 0 Å². The van der Waals surface area contributed by atoms with Crippen molar-refractivity contribution in [2.45, 2.75) is 19.8 Å². The van der Waals surface area contributed by atoms with Crippen LogP contribution in [0.1, 0.15) is 19.8 Å². The topological polar surface area (TPSA) is 15.3 Å². The zero-order valence-corrected chi connectivity index (χ0v) is 5.93. The number of unbranched alkanes of at least 4 members (excludes halogenated alkanes) is 1. The van der Waals surface area contributed by atoms with Crippen LogP contribution in [0.4, 0.5) is 0 Å². The Kier molecular flexibility index (Phi) is 2.58. The first kappa shape index (κ1) is 6.62. The third-order valence-corrected chi connectivity index (χ3v) is 1.45. The van der Waals surface area contributed by atoms with Crippen LogP contribution in [0.2, 0.25) is 0 Å². The normalized spacial score (nSPS) is 17.2. The van der Waals surface area contributed by atoms with Crippen LogP contribution in [0.15, 0.2) is 12.3 Å². The quantitative estimate of drug-likeness (QED) is 0.609. The van der Waals surface area contributed by atoms with Gasteiger partial charge in [0.05, 0.1) is 0 Å². The monoisotopic (exact) mass is 126 g/mol. The summed E-state index contributed by atoms with van der Waals surface area (Å²) in [4.78, 5) is 0. The average Bonchev–Trinajstić information content (AvgIpc) is 2.34. The fourth-order valence-corrected chi connectivity index (χ4v) is 0.885. The Balaban J connectivity index is 2.05. The van der Waals surface area contributed by atoms with Gasteiger partial charge in [-0.2, -0.15) is 0 Å². The molecule has 0 bridgehead atoms. The smallest absolute Gasteiger partial charge is 0.0348 e. The molecule has 0 amide bonds. The highest BCUT2D eigenvalue weighted by molar-refractivity contribution is 4.88. The summed E-state index contributed by atoms with van der Waals surface area (Å²) < 4.78 is 0. The number of nitrogens with one attached hydrogen (secondary N) is 1. The van der Waals surface area contributed by atoms with Crippen molar-refractivity contribution in [2.75, 3.05) is 13.1 Å². The fourth-order valence-electron chi connectivity index (χ4n) is 0.885. The van der Waals surface area contributed by atoms with E-state index in [0.717, 1.165) is 13.1 Å². The van der Waals surface area contributed by atoms with Crippen molar-refractivity contribution in [1.29, 1.82) is 0 Å². The molecule has 1 aliphatic heterocycles. The minimum absolute atomic E-state index is 1.00. The van der Waals surface area contributed by atoms with Crippen molar-refractivity contribution in [2.24, 2.45) is 0 Å². The van der Waals surface area contributed by atoms with Gasteiger partial charge >= 0.3 is 0 Å². The Morgan fingerprint density at radius 3 is 3.11 bits per heavy atom. The number of rotatable bonds is 3. The van der Waals surface area contributed by atoms with Gasteiger partial charge in [0.2, 0.25) is 0 Å². The molecule has 0 saturated carbocycles. The molecule has 1 rings (SSSR count). The van der Waals surface area contributed by atoms with Crippen LogP contribution in [0, 0.1) is 0 Å². The van der Waals surface area contributed by atoms with Crippen LogP contribution in [0.5, 0.6) is 0 Å². The maximum Gasteiger partial charge on any atom is 0.0348 e. The molecule has 0 aromatic rings. The maximum atomic E-state index is 3.21. The number of hydrogen-bond acceptors (Lipinski definition) is 2. The standard InChI is InChI=1S/C7H14N2/c1-2-3-6-9-7-4-5-8-9/h4,7-8H,2-3,5-6H2,1H3. The summed E-state index contributed by atoms with van der Waals surface area (Å²) in [5, 5.41) is 2.14. The first-order valence-corrected chi connectivity index (χ1v) is 3.60. The molecule has 0 aromatic heterocycles. The van der Waals surface area contributed by atoms with E-state index in [2.05, 4.69) is 29.6 Å². The molecule has 0 fully saturated rings. The second-order valence-electron chi connectivity index (χ2n) is 2.29. The zero-order chi connectivity index (χ0) is 6.53. The Morgan fingerprint density at radius 1 is 1.67 bits per heavy atom. The van der Waals surface area contributed by atoms with Crippen LogP contribution in [0.3, 0.4) is 0 Å². The van der Waals surface area contributed by atoms with Crippen molar-refractivity contribution < 1.29 is 0 Å². The largest absolute Gasteiger partial charge is 0.316 e. The van der Waals surface area contributed by atoms with Gasteiger partial charge in [-0.05, 0) is 6.42 Å². The molecule has 9 heavy (non-hydrogen) atoms. The fraction of sp³-hybridized carbons (Fsp3) is 0.714. The predicted molar refractivity (Wildman–Crippen MR) is 38.8 cm³/mol. The molecule has 1 N–H and O–H groups in total. The highest BCUT2D eigenvalue weighted by atomic mass is 15.5. The van der Waals surface area contributed by atoms with E-state index in [4.69, 9.17) is 0 Å². The molecular weight excluding hydrogens is 112 g/mol. The molecule has 1 aliphatic rings. The van der Waals surface area contributed by atoms with E-state index in [1.807, 2.05) is 0 Å². The molecule has 0 aliphatic carbocycles. The summed E-state index contributed by atoms with van der Waals surface area (Å²) in [5.74, 6) is 0. The summed E-state index contributed by atoms with van der Waals surface area (Å²) in [6.45, 7) is 4.36. The van der Waals surface area contributed by atoms with E-state index in [-0.39, 0.29) is 0 Å². The Hall–Kier alpha value is -0.500. The molecule has 0 radical (unpaired) electrons. The van der Waals surface area contributed by atoms with E-state index < -0.39 is 0 Å². The molecule has 0 atom stereocenters. The third-order valence-electron chi connectivity index (χ3n) is 1.45. The Labute approximate surface area is 56.5 Å². The van der Waals surface area contributed by atoms with Gasteiger partial charge in [-0.1, -0.05) is 19.4 Å². The summed E-state index contributed by atoms with van der Waals surface area (Å²) in [7, 11) is 0. The van der Waals surface area contributed by atoms with Gasteiger partial charge in [0, 0.05) is 19.3 Å². The molecule has 0 unspecified atom stereocenters. The minimum atomic E-state index is 1.00. The second kappa shape index (κ2) is 3.51. The molecule has 2 heteroatoms. The molecule has 0 saturated heterocycles. The predicted octanol–water partition coefficient (Wildman–Crippen LogP) is 1.12. The number of hydrogen-bond donors (Lipinski definition) is 1. The molecule has 0 aromatic carbocycles. The summed E-state index contributed by atoms with van der Waals surface area (Å²) in [5.41, 5.74) is 3.21. The zero-order valence-electron chi connectivity index (χ0n) is 5.93. The van der Waals surface area contributed by atoms with Crippen LogP contribution in [0.25, 0.3) is 0 Å². The number of nitrogens with zero attached hydrogens (tertiary/aromatic N) is 1. The Morgan fingerprint density at radius 2 is 2.56 bits per heavy atom. The van der Waals surface area contributed by atoms with Crippen molar-refractivity contribution >= 4 is 0 Å². The lowest BCUT2D eigenvalue weighted by molar-refractivity contribution is 0.301. The van der Waals surface area contributed by atoms with Crippen LogP contribution in [-0.2, 0) is 0 Å². The highest BCUT2D eigenvalue weighted by Crippen LogP contribution is 1.95. The Bertz CT molecular complexity index is 99.1. The minimum Gasteiger partial charge on any atom is -0.316 e. The van der Waals surface area contributed by atoms with Gasteiger partial charge in [-0.15, -0.1) is 0 Å². The van der Waals surface area contributed by atoms with Crippen molar-refractivity contribution in [3.63, 3.8) is 0 Å². The van der Waals surface area contributed by atoms with Gasteiger partial charge in [0.25, 0.3) is 0 Å². The van der Waals surface area contributed by atoms with Gasteiger partial charge in [-0.3, -0.25) is 0 Å². The number of hydrazine groups is 1. The molecule has 52 valence electrons. The van der Waals surface area contributed by atoms with Gasteiger partial charge in [-0.25, -0.2) is 5.43 Å². The van der Waals surface area contributed by atoms with Crippen molar-refractivity contribution in [3.8, 4) is 0 Å². The van der Waals surface area contributed by atoms with Crippen molar-refractivity contribution in [3.05, 3.63) is 12.3 Å². The van der Waals surface area contributed by atoms with Crippen LogP contribution in [-0.4, -0.2) is 18.1 Å². The third kappa shape index (κ3) is 2.06. The highest BCUT2D eigenvalue weighted by Gasteiger charge is 1.99. The van der Waals surface area contributed by atoms with Crippen LogP contribution >= 0.6 is 0 Å². The maximum absolute atomic E-state index is 3.21. The van der Waals surface area contributed by atoms with Gasteiger partial charge in [0.1, 0.15) is 0 Å². The van der Waals surface area contributed by atoms with E-state index in [0.29, 0.717) is 0 Å². The summed E-state index contributed by atoms with van der Waals surface area (Å²) >= 11 is 0. The average molecular weight is 126 g/mol. The second-order valence-corrected chi connectivity index (χ2v) is 2.29. The van der Waals surface area contributed by atoms with Crippen LogP contribution < -0.4 is 5.43 Å². The van der Waals surface area contributed by atoms with E-state index in [1.165, 1.54) is 12.8 Å². The lowest BCUT2D eigenvalue weighted by Crippen LogP contribution is -2.29. The lowest BCUT2D eigenvalue weighted by Gasteiger charge is -2.14. The first-order valence-electron chi connectivity index (χ1n) is 3.60. The molecule has 1 heterocycles. The summed E-state index contributed by atoms with van der Waals surface area (Å²) in [6.07, 6.45) is 6.79. The lowest BCUT2D eigenvalue weighted by atomic mass is 10.3. The van der Waals surface area contributed by atoms with E-state index in [9.17, 15) is 0 Å². The molecule has 2 nitrogen and oxygen atoms in total. The summed E-state index contributed by atoms with van der Waals surface area (Å²) in [6, 6.07) is 0. The van der Waals surface area contributed by atoms with E-state index in [1.54, 1.807) is 0 Å². The van der Waals surface area contributed by atoms with Crippen molar-refractivity contribution in [1.82, 2.24) is 10.4 Å². The SMILES string of the molecule is CCCCN1C=CCN1.